The topological polar surface area (TPSA) is 61.9 Å². The summed E-state index contributed by atoms with van der Waals surface area (Å²) in [5.74, 6) is -0.0536. The van der Waals surface area contributed by atoms with Crippen LogP contribution in [-0.4, -0.2) is 74.6 Å². The number of likely N-dealkylation sites (N-methyl/N-ethyl adjacent to an activating group) is 1. The highest BCUT2D eigenvalue weighted by atomic mass is 16.5. The van der Waals surface area contributed by atoms with Crippen molar-refractivity contribution in [1.29, 1.82) is 0 Å². The fraction of sp³-hybridized carbons (Fsp3) is 0.882. The zero-order valence-electron chi connectivity index (χ0n) is 14.6. The minimum Gasteiger partial charge on any atom is -0.381 e. The lowest BCUT2D eigenvalue weighted by atomic mass is 9.72. The van der Waals surface area contributed by atoms with Crippen molar-refractivity contribution in [2.45, 2.75) is 39.0 Å². The molecule has 2 aliphatic rings. The molecule has 0 aromatic rings. The van der Waals surface area contributed by atoms with E-state index in [-0.39, 0.29) is 18.4 Å². The number of carbonyl (C=O) groups excluding carboxylic acids is 2. The van der Waals surface area contributed by atoms with Gasteiger partial charge in [-0.1, -0.05) is 6.92 Å². The van der Waals surface area contributed by atoms with Crippen molar-refractivity contribution in [1.82, 2.24) is 15.1 Å². The van der Waals surface area contributed by atoms with Gasteiger partial charge in [-0.25, -0.2) is 0 Å². The molecule has 23 heavy (non-hydrogen) atoms. The Kier molecular flexibility index (Phi) is 6.84. The molecule has 2 fully saturated rings. The molecule has 0 radical (unpaired) electrons. The number of hydrogen-bond donors (Lipinski definition) is 1. The minimum absolute atomic E-state index is 0.0274. The van der Waals surface area contributed by atoms with E-state index in [0.717, 1.165) is 58.4 Å². The van der Waals surface area contributed by atoms with Crippen LogP contribution in [0.25, 0.3) is 0 Å². The fourth-order valence-electron chi connectivity index (χ4n) is 3.43. The Bertz CT molecular complexity index is 398. The van der Waals surface area contributed by atoms with Crippen LogP contribution >= 0.6 is 0 Å². The number of amides is 2. The first-order chi connectivity index (χ1) is 11.0. The summed E-state index contributed by atoms with van der Waals surface area (Å²) >= 11 is 0. The molecule has 2 aliphatic heterocycles. The second-order valence-corrected chi connectivity index (χ2v) is 6.99. The molecule has 0 aromatic heterocycles. The largest absolute Gasteiger partial charge is 0.381 e. The normalized spacial score (nSPS) is 21.1. The van der Waals surface area contributed by atoms with Crippen molar-refractivity contribution in [2.75, 3.05) is 53.0 Å². The number of ether oxygens (including phenoxy) is 1. The number of hydrogen-bond acceptors (Lipinski definition) is 4. The molecule has 1 spiro atoms. The van der Waals surface area contributed by atoms with Gasteiger partial charge in [0.25, 0.3) is 0 Å². The smallest absolute Gasteiger partial charge is 0.239 e. The average molecular weight is 325 g/mol. The Morgan fingerprint density at radius 3 is 2.43 bits per heavy atom. The third-order valence-electron chi connectivity index (χ3n) is 5.21. The van der Waals surface area contributed by atoms with E-state index in [2.05, 4.69) is 10.2 Å². The summed E-state index contributed by atoms with van der Waals surface area (Å²) in [4.78, 5) is 27.7. The molecule has 0 atom stereocenters. The van der Waals surface area contributed by atoms with E-state index in [1.54, 1.807) is 7.05 Å². The summed E-state index contributed by atoms with van der Waals surface area (Å²) in [5.41, 5.74) is 0.448. The van der Waals surface area contributed by atoms with Gasteiger partial charge in [0.1, 0.15) is 0 Å². The maximum atomic E-state index is 12.3. The number of likely N-dealkylation sites (tertiary alicyclic amines) is 1. The first kappa shape index (κ1) is 18.2. The Morgan fingerprint density at radius 2 is 1.83 bits per heavy atom. The van der Waals surface area contributed by atoms with Crippen molar-refractivity contribution < 1.29 is 14.3 Å². The Hall–Kier alpha value is -1.14. The molecule has 0 bridgehead atoms. The standard InChI is InChI=1S/C17H31N3O3/c1-3-8-18-15(21)13-19(2)16(22)14-20-9-4-17(5-10-20)6-11-23-12-7-17/h3-14H2,1-2H3,(H,18,21). The Balaban J connectivity index is 1.70. The summed E-state index contributed by atoms with van der Waals surface area (Å²) in [6, 6.07) is 0. The van der Waals surface area contributed by atoms with Crippen LogP contribution in [0.5, 0.6) is 0 Å². The van der Waals surface area contributed by atoms with E-state index in [4.69, 9.17) is 4.74 Å². The SMILES string of the molecule is CCCNC(=O)CN(C)C(=O)CN1CCC2(CCOCC2)CC1. The number of piperidine rings is 1. The highest BCUT2D eigenvalue weighted by Gasteiger charge is 2.36. The van der Waals surface area contributed by atoms with E-state index in [1.807, 2.05) is 6.92 Å². The molecule has 1 N–H and O–H groups in total. The van der Waals surface area contributed by atoms with Crippen LogP contribution in [0, 0.1) is 5.41 Å². The summed E-state index contributed by atoms with van der Waals surface area (Å²) in [6.45, 7) is 6.96. The molecule has 2 saturated heterocycles. The first-order valence-corrected chi connectivity index (χ1v) is 8.85. The van der Waals surface area contributed by atoms with Crippen LogP contribution in [0.4, 0.5) is 0 Å². The van der Waals surface area contributed by atoms with Gasteiger partial charge in [0.2, 0.25) is 11.8 Å². The molecule has 0 unspecified atom stereocenters. The number of rotatable bonds is 6. The van der Waals surface area contributed by atoms with Gasteiger partial charge >= 0.3 is 0 Å². The molecule has 0 aromatic carbocycles. The molecule has 2 rings (SSSR count). The number of nitrogens with zero attached hydrogens (tertiary/aromatic N) is 2. The van der Waals surface area contributed by atoms with E-state index < -0.39 is 0 Å². The molecule has 2 amide bonds. The molecule has 132 valence electrons. The lowest BCUT2D eigenvalue weighted by molar-refractivity contribution is -0.136. The van der Waals surface area contributed by atoms with Gasteiger partial charge in [-0.2, -0.15) is 0 Å². The van der Waals surface area contributed by atoms with Gasteiger partial charge in [0.15, 0.2) is 0 Å². The zero-order valence-corrected chi connectivity index (χ0v) is 14.6. The van der Waals surface area contributed by atoms with Crippen LogP contribution in [0.1, 0.15) is 39.0 Å². The zero-order chi connectivity index (χ0) is 16.7. The van der Waals surface area contributed by atoms with Crippen LogP contribution in [0.3, 0.4) is 0 Å². The molecule has 2 heterocycles. The highest BCUT2D eigenvalue weighted by molar-refractivity contribution is 5.85. The third-order valence-corrected chi connectivity index (χ3v) is 5.21. The van der Waals surface area contributed by atoms with Gasteiger partial charge in [0.05, 0.1) is 13.1 Å². The predicted octanol–water partition coefficient (Wildman–Crippen LogP) is 0.864. The summed E-state index contributed by atoms with van der Waals surface area (Å²) in [6.07, 6.45) is 5.54. The van der Waals surface area contributed by atoms with Crippen LogP contribution in [0.2, 0.25) is 0 Å². The Labute approximate surface area is 139 Å². The summed E-state index contributed by atoms with van der Waals surface area (Å²) < 4.78 is 5.47. The molecule has 6 heteroatoms. The minimum atomic E-state index is -0.0810. The number of nitrogens with one attached hydrogen (secondary N) is 1. The third kappa shape index (κ3) is 5.46. The summed E-state index contributed by atoms with van der Waals surface area (Å²) in [5, 5.41) is 2.80. The average Bonchev–Trinajstić information content (AvgIpc) is 2.56. The van der Waals surface area contributed by atoms with Crippen LogP contribution in [-0.2, 0) is 14.3 Å². The molecule has 0 saturated carbocycles. The lowest BCUT2D eigenvalue weighted by Crippen LogP contribution is -2.48. The van der Waals surface area contributed by atoms with Gasteiger partial charge in [-0.3, -0.25) is 14.5 Å². The quantitative estimate of drug-likeness (QED) is 0.787. The van der Waals surface area contributed by atoms with Gasteiger partial charge in [-0.15, -0.1) is 0 Å². The Morgan fingerprint density at radius 1 is 1.17 bits per heavy atom. The fourth-order valence-corrected chi connectivity index (χ4v) is 3.43. The molecular weight excluding hydrogens is 294 g/mol. The van der Waals surface area contributed by atoms with E-state index in [1.165, 1.54) is 4.90 Å². The van der Waals surface area contributed by atoms with Gasteiger partial charge < -0.3 is 15.0 Å². The molecular formula is C17H31N3O3. The first-order valence-electron chi connectivity index (χ1n) is 8.85. The van der Waals surface area contributed by atoms with Crippen LogP contribution in [0.15, 0.2) is 0 Å². The maximum Gasteiger partial charge on any atom is 0.239 e. The van der Waals surface area contributed by atoms with Crippen molar-refractivity contribution in [3.8, 4) is 0 Å². The molecule has 6 nitrogen and oxygen atoms in total. The van der Waals surface area contributed by atoms with E-state index in [9.17, 15) is 9.59 Å². The van der Waals surface area contributed by atoms with E-state index in [0.29, 0.717) is 18.5 Å². The maximum absolute atomic E-state index is 12.3. The van der Waals surface area contributed by atoms with Crippen molar-refractivity contribution in [2.24, 2.45) is 5.41 Å². The van der Waals surface area contributed by atoms with Gasteiger partial charge in [-0.05, 0) is 50.6 Å². The second kappa shape index (κ2) is 8.64. The van der Waals surface area contributed by atoms with Gasteiger partial charge in [0, 0.05) is 26.8 Å². The number of carbonyl (C=O) groups is 2. The van der Waals surface area contributed by atoms with Crippen molar-refractivity contribution in [3.05, 3.63) is 0 Å². The van der Waals surface area contributed by atoms with Crippen molar-refractivity contribution in [3.63, 3.8) is 0 Å². The summed E-state index contributed by atoms with van der Waals surface area (Å²) in [7, 11) is 1.71. The monoisotopic (exact) mass is 325 g/mol. The predicted molar refractivity (Wildman–Crippen MR) is 89.1 cm³/mol. The molecule has 0 aliphatic carbocycles. The lowest BCUT2D eigenvalue weighted by Gasteiger charge is -2.44. The highest BCUT2D eigenvalue weighted by Crippen LogP contribution is 2.40. The van der Waals surface area contributed by atoms with Crippen molar-refractivity contribution >= 4 is 11.8 Å². The second-order valence-electron chi connectivity index (χ2n) is 6.99. The van der Waals surface area contributed by atoms with Crippen LogP contribution < -0.4 is 5.32 Å². The van der Waals surface area contributed by atoms with E-state index >= 15 is 0 Å².